The molecule has 1 aromatic heterocycles. The van der Waals surface area contributed by atoms with Crippen molar-refractivity contribution in [3.8, 4) is 6.07 Å². The summed E-state index contributed by atoms with van der Waals surface area (Å²) in [6, 6.07) is 21.0. The number of urea groups is 1. The maximum absolute atomic E-state index is 13.2. The molecule has 0 aliphatic carbocycles. The molecule has 3 N–H and O–H groups in total. The molecule has 4 amide bonds. The summed E-state index contributed by atoms with van der Waals surface area (Å²) in [5, 5.41) is 26.1. The van der Waals surface area contributed by atoms with Crippen LogP contribution in [0.15, 0.2) is 79.0 Å². The van der Waals surface area contributed by atoms with Gasteiger partial charge in [0.2, 0.25) is 0 Å². The molecule has 13 nitrogen and oxygen atoms in total. The maximum Gasteiger partial charge on any atom is 0.425 e. The molecular weight excluding hydrogens is 652 g/mol. The van der Waals surface area contributed by atoms with Crippen molar-refractivity contribution in [3.63, 3.8) is 0 Å². The monoisotopic (exact) mass is 694 g/mol. The average molecular weight is 695 g/mol. The number of carbonyl (C=O) groups excluding carboxylic acids is 3. The second kappa shape index (κ2) is 15.6. The van der Waals surface area contributed by atoms with Crippen LogP contribution in [-0.2, 0) is 20.7 Å². The first-order valence-corrected chi connectivity index (χ1v) is 16.2. The minimum atomic E-state index is -1.10. The molecular formula is C38H42N6O7. The van der Waals surface area contributed by atoms with Crippen LogP contribution < -0.4 is 15.5 Å². The Morgan fingerprint density at radius 3 is 2.12 bits per heavy atom. The Morgan fingerprint density at radius 2 is 1.53 bits per heavy atom. The molecule has 0 radical (unpaired) electrons. The van der Waals surface area contributed by atoms with Crippen molar-refractivity contribution < 1.29 is 33.8 Å². The smallest absolute Gasteiger partial charge is 0.425 e. The first-order chi connectivity index (χ1) is 23.9. The van der Waals surface area contributed by atoms with Crippen LogP contribution in [-0.4, -0.2) is 64.0 Å². The van der Waals surface area contributed by atoms with E-state index in [9.17, 15) is 24.3 Å². The van der Waals surface area contributed by atoms with Crippen molar-refractivity contribution in [3.05, 3.63) is 95.7 Å². The molecule has 0 aliphatic rings. The SMILES string of the molecule is CN(CCc1ccc(C(Nc2ccc3c(N(C(=O)OC(C)(C)C)C(=O)OC(C)(C)C)nccc3c2)C(=O)O)cc1)C(=O)Nc1cccc(C#N)c1. The van der Waals surface area contributed by atoms with Gasteiger partial charge in [-0.3, -0.25) is 0 Å². The van der Waals surface area contributed by atoms with Crippen molar-refractivity contribution >= 4 is 52.2 Å². The van der Waals surface area contributed by atoms with E-state index in [0.29, 0.717) is 46.2 Å². The zero-order valence-corrected chi connectivity index (χ0v) is 29.7. The number of aliphatic carboxylic acids is 1. The number of imide groups is 1. The highest BCUT2D eigenvalue weighted by molar-refractivity contribution is 6.14. The Bertz CT molecular complexity index is 1930. The number of carbonyl (C=O) groups is 4. The van der Waals surface area contributed by atoms with Gasteiger partial charge in [0.25, 0.3) is 0 Å². The number of hydrogen-bond acceptors (Lipinski definition) is 9. The zero-order valence-electron chi connectivity index (χ0n) is 29.7. The predicted molar refractivity (Wildman–Crippen MR) is 194 cm³/mol. The third-order valence-electron chi connectivity index (χ3n) is 7.30. The minimum Gasteiger partial charge on any atom is -0.479 e. The summed E-state index contributed by atoms with van der Waals surface area (Å²) in [5.74, 6) is -1.10. The summed E-state index contributed by atoms with van der Waals surface area (Å²) < 4.78 is 11.0. The lowest BCUT2D eigenvalue weighted by molar-refractivity contribution is -0.138. The number of hydrogen-bond donors (Lipinski definition) is 3. The van der Waals surface area contributed by atoms with E-state index in [1.54, 1.807) is 109 Å². The average Bonchev–Trinajstić information content (AvgIpc) is 3.04. The molecule has 13 heteroatoms. The minimum absolute atomic E-state index is 0.00394. The molecule has 1 unspecified atom stereocenters. The number of ether oxygens (including phenoxy) is 2. The quantitative estimate of drug-likeness (QED) is 0.157. The van der Waals surface area contributed by atoms with E-state index in [4.69, 9.17) is 14.7 Å². The fourth-order valence-electron chi connectivity index (χ4n) is 4.91. The Labute approximate surface area is 296 Å². The molecule has 1 heterocycles. The number of carboxylic acids is 1. The first-order valence-electron chi connectivity index (χ1n) is 16.2. The number of rotatable bonds is 9. The van der Waals surface area contributed by atoms with Gasteiger partial charge in [0.1, 0.15) is 11.2 Å². The van der Waals surface area contributed by atoms with E-state index in [2.05, 4.69) is 15.6 Å². The van der Waals surface area contributed by atoms with Crippen molar-refractivity contribution in [2.75, 3.05) is 29.1 Å². The highest BCUT2D eigenvalue weighted by Crippen LogP contribution is 2.31. The van der Waals surface area contributed by atoms with Crippen molar-refractivity contribution in [1.29, 1.82) is 5.26 Å². The molecule has 51 heavy (non-hydrogen) atoms. The van der Waals surface area contributed by atoms with Crippen LogP contribution in [0.1, 0.15) is 64.3 Å². The van der Waals surface area contributed by atoms with Gasteiger partial charge < -0.3 is 30.1 Å². The maximum atomic E-state index is 13.2. The first kappa shape index (κ1) is 37.7. The van der Waals surface area contributed by atoms with Gasteiger partial charge in [0.05, 0.1) is 11.6 Å². The lowest BCUT2D eigenvalue weighted by Crippen LogP contribution is -2.44. The van der Waals surface area contributed by atoms with Gasteiger partial charge in [-0.15, -0.1) is 0 Å². The Kier molecular flexibility index (Phi) is 11.5. The highest BCUT2D eigenvalue weighted by Gasteiger charge is 2.34. The standard InChI is InChI=1S/C38H42N6O7/c1-37(2,3)50-35(48)44(36(49)51-38(4,5)6)32-30-16-15-29(22-27(30)17-19-40-32)41-31(33(45)46)26-13-11-24(12-14-26)18-20-43(7)34(47)42-28-10-8-9-25(21-28)23-39/h8-17,19,21-22,31,41H,18,20H2,1-7H3,(H,42,47)(H,45,46). The van der Waals surface area contributed by atoms with Crippen molar-refractivity contribution in [2.45, 2.75) is 65.2 Å². The summed E-state index contributed by atoms with van der Waals surface area (Å²) in [4.78, 5) is 58.1. The van der Waals surface area contributed by atoms with Crippen molar-refractivity contribution in [2.24, 2.45) is 0 Å². The van der Waals surface area contributed by atoms with Crippen LogP contribution >= 0.6 is 0 Å². The van der Waals surface area contributed by atoms with Crippen LogP contribution in [0.25, 0.3) is 10.8 Å². The number of pyridine rings is 1. The molecule has 0 saturated heterocycles. The van der Waals surface area contributed by atoms with Gasteiger partial charge in [-0.25, -0.2) is 24.2 Å². The van der Waals surface area contributed by atoms with Crippen molar-refractivity contribution in [1.82, 2.24) is 9.88 Å². The van der Waals surface area contributed by atoms with E-state index >= 15 is 0 Å². The predicted octanol–water partition coefficient (Wildman–Crippen LogP) is 7.73. The molecule has 3 aromatic carbocycles. The van der Waals surface area contributed by atoms with Gasteiger partial charge >= 0.3 is 24.2 Å². The number of benzene rings is 3. The summed E-state index contributed by atoms with van der Waals surface area (Å²) in [5.41, 5.74) is 1.05. The lowest BCUT2D eigenvalue weighted by Gasteiger charge is -2.28. The fraction of sp³-hybridized carbons (Fsp3) is 0.316. The van der Waals surface area contributed by atoms with E-state index in [1.165, 1.54) is 11.1 Å². The van der Waals surface area contributed by atoms with E-state index < -0.39 is 35.4 Å². The molecule has 4 rings (SSSR count). The summed E-state index contributed by atoms with van der Waals surface area (Å²) in [6.45, 7) is 10.5. The Morgan fingerprint density at radius 1 is 0.882 bits per heavy atom. The molecule has 0 bridgehead atoms. The number of anilines is 3. The normalized spacial score (nSPS) is 11.9. The lowest BCUT2D eigenvalue weighted by atomic mass is 10.0. The number of carboxylic acid groups (broad SMARTS) is 1. The van der Waals surface area contributed by atoms with Gasteiger partial charge in [0, 0.05) is 36.6 Å². The number of nitriles is 1. The number of likely N-dealkylation sites (N-methyl/N-ethyl adjacent to an activating group) is 1. The summed E-state index contributed by atoms with van der Waals surface area (Å²) >= 11 is 0. The van der Waals surface area contributed by atoms with Gasteiger partial charge in [-0.2, -0.15) is 10.2 Å². The molecule has 0 aliphatic heterocycles. The number of nitrogens with one attached hydrogen (secondary N) is 2. The van der Waals surface area contributed by atoms with Crippen LogP contribution in [0.5, 0.6) is 0 Å². The number of aromatic nitrogens is 1. The van der Waals surface area contributed by atoms with Crippen LogP contribution in [0, 0.1) is 11.3 Å². The van der Waals surface area contributed by atoms with E-state index in [-0.39, 0.29) is 11.8 Å². The third kappa shape index (κ3) is 10.4. The van der Waals surface area contributed by atoms with Crippen LogP contribution in [0.4, 0.5) is 31.6 Å². The van der Waals surface area contributed by atoms with Gasteiger partial charge in [-0.1, -0.05) is 30.3 Å². The summed E-state index contributed by atoms with van der Waals surface area (Å²) in [7, 11) is 1.66. The number of fused-ring (bicyclic) bond motifs is 1. The Balaban J connectivity index is 1.49. The second-order valence-corrected chi connectivity index (χ2v) is 13.8. The van der Waals surface area contributed by atoms with Gasteiger partial charge in [0.15, 0.2) is 11.9 Å². The molecule has 0 fully saturated rings. The second-order valence-electron chi connectivity index (χ2n) is 13.8. The number of amides is 4. The van der Waals surface area contributed by atoms with E-state index in [0.717, 1.165) is 10.5 Å². The van der Waals surface area contributed by atoms with E-state index in [1.807, 2.05) is 18.2 Å². The highest BCUT2D eigenvalue weighted by atomic mass is 16.6. The summed E-state index contributed by atoms with van der Waals surface area (Å²) in [6.07, 6.45) is 0.0540. The molecule has 266 valence electrons. The van der Waals surface area contributed by atoms with Crippen LogP contribution in [0.3, 0.4) is 0 Å². The largest absolute Gasteiger partial charge is 0.479 e. The third-order valence-corrected chi connectivity index (χ3v) is 7.30. The molecule has 1 atom stereocenters. The Hall–Kier alpha value is -6.16. The molecule has 4 aromatic rings. The van der Waals surface area contributed by atoms with Crippen LogP contribution in [0.2, 0.25) is 0 Å². The van der Waals surface area contributed by atoms with Gasteiger partial charge in [-0.05, 0) is 107 Å². The topological polar surface area (TPSA) is 174 Å². The molecule has 0 spiro atoms. The molecule has 0 saturated carbocycles. The zero-order chi connectivity index (χ0) is 37.5. The fourth-order valence-corrected chi connectivity index (χ4v) is 4.91. The number of nitrogens with zero attached hydrogens (tertiary/aromatic N) is 4.